The quantitative estimate of drug-likeness (QED) is 0.445. The average Bonchev–Trinajstić information content (AvgIpc) is 2.47. The van der Waals surface area contributed by atoms with Crippen molar-refractivity contribution in [1.82, 2.24) is 5.32 Å². The van der Waals surface area contributed by atoms with Gasteiger partial charge in [0, 0.05) is 11.7 Å². The monoisotopic (exact) mass is 368 g/mol. The van der Waals surface area contributed by atoms with Crippen molar-refractivity contribution in [1.29, 1.82) is 0 Å². The molecule has 3 nitrogen and oxygen atoms in total. The van der Waals surface area contributed by atoms with E-state index < -0.39 is 8.07 Å². The lowest BCUT2D eigenvalue weighted by atomic mass is 10.1. The van der Waals surface area contributed by atoms with Crippen LogP contribution in [0.3, 0.4) is 0 Å². The number of nitrogens with zero attached hydrogens (tertiary/aromatic N) is 1. The summed E-state index contributed by atoms with van der Waals surface area (Å²) < 4.78 is 0. The van der Waals surface area contributed by atoms with Crippen molar-refractivity contribution in [2.45, 2.75) is 32.6 Å². The number of aliphatic imine (C=N–C) groups is 1. The fourth-order valence-electron chi connectivity index (χ4n) is 1.99. The molecule has 0 saturated carbocycles. The SMILES string of the molecule is CSCC(=O)NC(C)c1ccc(C(=NC[Si](C)(C)C)SC)cc1. The van der Waals surface area contributed by atoms with E-state index >= 15 is 0 Å². The van der Waals surface area contributed by atoms with Crippen molar-refractivity contribution in [2.75, 3.05) is 24.4 Å². The zero-order valence-electron chi connectivity index (χ0n) is 15.0. The van der Waals surface area contributed by atoms with Crippen LogP contribution < -0.4 is 5.32 Å². The van der Waals surface area contributed by atoms with Gasteiger partial charge in [-0.15, -0.1) is 11.8 Å². The number of benzene rings is 1. The summed E-state index contributed by atoms with van der Waals surface area (Å²) in [7, 11) is -1.17. The zero-order valence-corrected chi connectivity index (χ0v) is 17.6. The first kappa shape index (κ1) is 20.3. The zero-order chi connectivity index (χ0) is 17.5. The van der Waals surface area contributed by atoms with Crippen molar-refractivity contribution >= 4 is 42.5 Å². The van der Waals surface area contributed by atoms with Crippen molar-refractivity contribution in [3.63, 3.8) is 0 Å². The molecule has 0 aliphatic carbocycles. The van der Waals surface area contributed by atoms with Gasteiger partial charge in [-0.05, 0) is 25.0 Å². The Morgan fingerprint density at radius 2 is 1.83 bits per heavy atom. The summed E-state index contributed by atoms with van der Waals surface area (Å²) in [5.41, 5.74) is 2.27. The number of carbonyl (C=O) groups excluding carboxylic acids is 1. The number of thioether (sulfide) groups is 2. The molecule has 0 heterocycles. The molecule has 0 radical (unpaired) electrons. The van der Waals surface area contributed by atoms with E-state index in [4.69, 9.17) is 4.99 Å². The summed E-state index contributed by atoms with van der Waals surface area (Å²) in [6.07, 6.45) is 4.96. The lowest BCUT2D eigenvalue weighted by Crippen LogP contribution is -2.28. The Hall–Kier alpha value is -0.723. The minimum Gasteiger partial charge on any atom is -0.349 e. The standard InChI is InChI=1S/C17H28N2OS2Si/c1-13(19-16(20)11-21-2)14-7-9-15(10-8-14)17(22-3)18-12-23(4,5)6/h7-10,13H,11-12H2,1-6H3,(H,19,20). The molecule has 23 heavy (non-hydrogen) atoms. The topological polar surface area (TPSA) is 41.5 Å². The van der Waals surface area contributed by atoms with Crippen LogP contribution in [0.25, 0.3) is 0 Å². The Balaban J connectivity index is 2.80. The molecule has 0 aromatic heterocycles. The summed E-state index contributed by atoms with van der Waals surface area (Å²) >= 11 is 3.23. The third kappa shape index (κ3) is 7.59. The first-order valence-corrected chi connectivity index (χ1v) is 14.1. The van der Waals surface area contributed by atoms with Crippen LogP contribution in [0.1, 0.15) is 24.1 Å². The van der Waals surface area contributed by atoms with Crippen LogP contribution in [0.5, 0.6) is 0 Å². The van der Waals surface area contributed by atoms with Gasteiger partial charge in [0.1, 0.15) is 0 Å². The highest BCUT2D eigenvalue weighted by Crippen LogP contribution is 2.18. The Labute approximate surface area is 150 Å². The van der Waals surface area contributed by atoms with Crippen LogP contribution in [0.2, 0.25) is 19.6 Å². The fraction of sp³-hybridized carbons (Fsp3) is 0.529. The van der Waals surface area contributed by atoms with Crippen LogP contribution in [-0.4, -0.2) is 43.5 Å². The van der Waals surface area contributed by atoms with E-state index in [0.29, 0.717) is 5.75 Å². The molecule has 128 valence electrons. The Kier molecular flexibility index (Phi) is 8.43. The highest BCUT2D eigenvalue weighted by atomic mass is 32.2. The van der Waals surface area contributed by atoms with E-state index in [1.54, 1.807) is 11.8 Å². The molecule has 0 bridgehead atoms. The minimum atomic E-state index is -1.17. The molecule has 1 amide bonds. The van der Waals surface area contributed by atoms with Gasteiger partial charge in [-0.3, -0.25) is 9.79 Å². The molecule has 1 aromatic rings. The summed E-state index contributed by atoms with van der Waals surface area (Å²) in [6, 6.07) is 8.40. The third-order valence-electron chi connectivity index (χ3n) is 3.20. The number of nitrogens with one attached hydrogen (secondary N) is 1. The van der Waals surface area contributed by atoms with Crippen LogP contribution in [0.15, 0.2) is 29.3 Å². The van der Waals surface area contributed by atoms with Crippen molar-refractivity contribution in [3.05, 3.63) is 35.4 Å². The number of carbonyl (C=O) groups is 1. The second-order valence-electron chi connectivity index (χ2n) is 6.73. The molecule has 0 spiro atoms. The first-order valence-electron chi connectivity index (χ1n) is 7.74. The van der Waals surface area contributed by atoms with Gasteiger partial charge in [-0.1, -0.05) is 43.9 Å². The summed E-state index contributed by atoms with van der Waals surface area (Å²) in [5, 5.41) is 4.11. The third-order valence-corrected chi connectivity index (χ3v) is 5.61. The van der Waals surface area contributed by atoms with Crippen molar-refractivity contribution < 1.29 is 4.79 Å². The van der Waals surface area contributed by atoms with Gasteiger partial charge >= 0.3 is 0 Å². The smallest absolute Gasteiger partial charge is 0.230 e. The molecular weight excluding hydrogens is 340 g/mol. The molecule has 0 saturated heterocycles. The molecule has 6 heteroatoms. The van der Waals surface area contributed by atoms with Gasteiger partial charge in [-0.25, -0.2) is 0 Å². The largest absolute Gasteiger partial charge is 0.349 e. The maximum absolute atomic E-state index is 11.7. The highest BCUT2D eigenvalue weighted by Gasteiger charge is 2.13. The Morgan fingerprint density at radius 1 is 1.22 bits per heavy atom. The predicted molar refractivity (Wildman–Crippen MR) is 110 cm³/mol. The van der Waals surface area contributed by atoms with E-state index in [1.807, 2.05) is 13.2 Å². The molecule has 1 N–H and O–H groups in total. The molecule has 0 fully saturated rings. The molecule has 0 aliphatic rings. The number of amides is 1. The van der Waals surface area contributed by atoms with E-state index in [0.717, 1.165) is 22.3 Å². The maximum Gasteiger partial charge on any atom is 0.230 e. The van der Waals surface area contributed by atoms with Crippen LogP contribution in [0.4, 0.5) is 0 Å². The highest BCUT2D eigenvalue weighted by molar-refractivity contribution is 8.13. The summed E-state index contributed by atoms with van der Waals surface area (Å²) in [6.45, 7) is 9.01. The molecule has 1 unspecified atom stereocenters. The Morgan fingerprint density at radius 3 is 2.30 bits per heavy atom. The average molecular weight is 369 g/mol. The van der Waals surface area contributed by atoms with Gasteiger partial charge in [-0.2, -0.15) is 11.8 Å². The summed E-state index contributed by atoms with van der Waals surface area (Å²) in [5.74, 6) is 0.582. The second-order valence-corrected chi connectivity index (χ2v) is 13.8. The van der Waals surface area contributed by atoms with E-state index in [1.165, 1.54) is 11.8 Å². The van der Waals surface area contributed by atoms with E-state index in [-0.39, 0.29) is 11.9 Å². The fourth-order valence-corrected chi connectivity index (χ4v) is 3.65. The summed E-state index contributed by atoms with van der Waals surface area (Å²) in [4.78, 5) is 16.5. The van der Waals surface area contributed by atoms with Crippen molar-refractivity contribution in [2.24, 2.45) is 4.99 Å². The molecule has 1 rings (SSSR count). The number of hydrogen-bond acceptors (Lipinski definition) is 4. The van der Waals surface area contributed by atoms with Gasteiger partial charge in [0.05, 0.1) is 24.9 Å². The first-order chi connectivity index (χ1) is 10.8. The van der Waals surface area contributed by atoms with E-state index in [9.17, 15) is 4.79 Å². The van der Waals surface area contributed by atoms with Crippen LogP contribution in [0, 0.1) is 0 Å². The molecular formula is C17H28N2OS2Si. The normalized spacial score (nSPS) is 13.7. The van der Waals surface area contributed by atoms with Gasteiger partial charge in [0.25, 0.3) is 0 Å². The van der Waals surface area contributed by atoms with Gasteiger partial charge < -0.3 is 5.32 Å². The second kappa shape index (κ2) is 9.54. The number of rotatable bonds is 7. The van der Waals surface area contributed by atoms with Crippen molar-refractivity contribution in [3.8, 4) is 0 Å². The van der Waals surface area contributed by atoms with E-state index in [2.05, 4.69) is 55.5 Å². The number of hydrogen-bond donors (Lipinski definition) is 1. The lowest BCUT2D eigenvalue weighted by molar-refractivity contribution is -0.119. The lowest BCUT2D eigenvalue weighted by Gasteiger charge is -2.15. The minimum absolute atomic E-state index is 0.0281. The van der Waals surface area contributed by atoms with Gasteiger partial charge in [0.15, 0.2) is 0 Å². The molecule has 1 aromatic carbocycles. The Bertz CT molecular complexity index is 539. The predicted octanol–water partition coefficient (Wildman–Crippen LogP) is 4.21. The maximum atomic E-state index is 11.7. The molecule has 1 atom stereocenters. The van der Waals surface area contributed by atoms with Crippen LogP contribution >= 0.6 is 23.5 Å². The van der Waals surface area contributed by atoms with Crippen LogP contribution in [-0.2, 0) is 4.79 Å². The van der Waals surface area contributed by atoms with Gasteiger partial charge in [0.2, 0.25) is 5.91 Å². The molecule has 0 aliphatic heterocycles.